The third kappa shape index (κ3) is 2.46. The molecule has 0 spiro atoms. The van der Waals surface area contributed by atoms with Gasteiger partial charge in [-0.15, -0.1) is 0 Å². The highest BCUT2D eigenvalue weighted by atomic mass is 19.1. The number of alkyl halides is 2. The van der Waals surface area contributed by atoms with E-state index in [-0.39, 0.29) is 0 Å². The van der Waals surface area contributed by atoms with E-state index in [1.807, 2.05) is 0 Å². The first-order valence-electron chi connectivity index (χ1n) is 5.88. The molecule has 0 aromatic carbocycles. The van der Waals surface area contributed by atoms with E-state index < -0.39 is 12.3 Å². The summed E-state index contributed by atoms with van der Waals surface area (Å²) >= 11 is 0. The second-order valence-electron chi connectivity index (χ2n) is 4.78. The zero-order valence-electron chi connectivity index (χ0n) is 8.64. The van der Waals surface area contributed by atoms with Gasteiger partial charge in [0, 0.05) is 0 Å². The second-order valence-corrected chi connectivity index (χ2v) is 4.78. The molecule has 2 aliphatic carbocycles. The van der Waals surface area contributed by atoms with Crippen LogP contribution in [0.15, 0.2) is 0 Å². The minimum atomic E-state index is -0.573. The smallest absolute Gasteiger partial charge is 0.100 e. The molecule has 0 N–H and O–H groups in total. The Kier molecular flexibility index (Phi) is 3.40. The molecule has 0 nitrogen and oxygen atoms in total. The summed E-state index contributed by atoms with van der Waals surface area (Å²) in [5.74, 6) is 2.15. The zero-order chi connectivity index (χ0) is 9.97. The normalized spacial score (nSPS) is 37.3. The Morgan fingerprint density at radius 2 is 1.21 bits per heavy atom. The Bertz CT molecular complexity index is 145. The number of hydrogen-bond acceptors (Lipinski definition) is 0. The maximum Gasteiger partial charge on any atom is 0.100 e. The summed E-state index contributed by atoms with van der Waals surface area (Å²) in [4.78, 5) is 0. The number of rotatable bonds is 1. The lowest BCUT2D eigenvalue weighted by Crippen LogP contribution is -2.25. The van der Waals surface area contributed by atoms with E-state index in [0.717, 1.165) is 38.5 Å². The van der Waals surface area contributed by atoms with Crippen LogP contribution in [0.1, 0.15) is 51.4 Å². The van der Waals surface area contributed by atoms with Gasteiger partial charge in [0.05, 0.1) is 0 Å². The fourth-order valence-corrected chi connectivity index (χ4v) is 2.82. The molecule has 0 unspecified atom stereocenters. The molecule has 0 aromatic rings. The Morgan fingerprint density at radius 3 is 1.79 bits per heavy atom. The summed E-state index contributed by atoms with van der Waals surface area (Å²) in [6, 6.07) is 0. The van der Waals surface area contributed by atoms with Crippen LogP contribution in [0, 0.1) is 11.8 Å². The van der Waals surface area contributed by atoms with Crippen molar-refractivity contribution in [2.24, 2.45) is 5.92 Å². The molecule has 2 rings (SSSR count). The van der Waals surface area contributed by atoms with Crippen molar-refractivity contribution in [3.8, 4) is 0 Å². The highest BCUT2D eigenvalue weighted by Crippen LogP contribution is 2.40. The van der Waals surface area contributed by atoms with Gasteiger partial charge >= 0.3 is 0 Å². The molecular weight excluding hydrogens is 182 g/mol. The maximum atomic E-state index is 12.9. The van der Waals surface area contributed by atoms with Gasteiger partial charge in [-0.2, -0.15) is 0 Å². The third-order valence-electron chi connectivity index (χ3n) is 3.79. The fraction of sp³-hybridized carbons (Fsp3) is 0.917. The van der Waals surface area contributed by atoms with Crippen molar-refractivity contribution in [3.63, 3.8) is 0 Å². The largest absolute Gasteiger partial charge is 0.247 e. The van der Waals surface area contributed by atoms with Crippen LogP contribution in [0.5, 0.6) is 0 Å². The minimum Gasteiger partial charge on any atom is -0.247 e. The molecule has 0 bridgehead atoms. The van der Waals surface area contributed by atoms with Gasteiger partial charge < -0.3 is 0 Å². The summed E-state index contributed by atoms with van der Waals surface area (Å²) in [5.41, 5.74) is 0. The van der Waals surface area contributed by atoms with Gasteiger partial charge in [-0.3, -0.25) is 0 Å². The molecule has 0 aliphatic heterocycles. The lowest BCUT2D eigenvalue weighted by Gasteiger charge is -2.34. The van der Waals surface area contributed by atoms with Crippen molar-refractivity contribution in [2.75, 3.05) is 0 Å². The van der Waals surface area contributed by atoms with E-state index in [2.05, 4.69) is 0 Å². The maximum absolute atomic E-state index is 12.9. The Hall–Kier alpha value is -0.140. The Labute approximate surface area is 85.1 Å². The molecular formula is C12H19F2. The summed E-state index contributed by atoms with van der Waals surface area (Å²) in [5, 5.41) is 0. The summed E-state index contributed by atoms with van der Waals surface area (Å²) in [6.45, 7) is 0. The molecule has 81 valence electrons. The number of hydrogen-bond donors (Lipinski definition) is 0. The van der Waals surface area contributed by atoms with E-state index in [1.54, 1.807) is 0 Å². The van der Waals surface area contributed by atoms with Crippen LogP contribution < -0.4 is 0 Å². The first kappa shape index (κ1) is 10.4. The Morgan fingerprint density at radius 1 is 0.714 bits per heavy atom. The molecule has 0 heterocycles. The van der Waals surface area contributed by atoms with Gasteiger partial charge in [0.25, 0.3) is 0 Å². The van der Waals surface area contributed by atoms with E-state index in [9.17, 15) is 8.78 Å². The van der Waals surface area contributed by atoms with Crippen LogP contribution in [-0.4, -0.2) is 12.3 Å². The average molecular weight is 201 g/mol. The van der Waals surface area contributed by atoms with Crippen LogP contribution in [-0.2, 0) is 0 Å². The van der Waals surface area contributed by atoms with Crippen LogP contribution in [0.3, 0.4) is 0 Å². The van der Waals surface area contributed by atoms with Gasteiger partial charge in [-0.05, 0) is 63.2 Å². The lowest BCUT2D eigenvalue weighted by atomic mass is 9.73. The molecule has 0 atom stereocenters. The molecule has 0 aromatic heterocycles. The quantitative estimate of drug-likeness (QED) is 0.601. The molecule has 2 heteroatoms. The summed E-state index contributed by atoms with van der Waals surface area (Å²) < 4.78 is 25.8. The first-order chi connectivity index (χ1) is 6.75. The monoisotopic (exact) mass is 201 g/mol. The van der Waals surface area contributed by atoms with Crippen molar-refractivity contribution in [1.82, 2.24) is 0 Å². The first-order valence-corrected chi connectivity index (χ1v) is 5.88. The topological polar surface area (TPSA) is 0 Å². The average Bonchev–Trinajstić information content (AvgIpc) is 2.21. The fourth-order valence-electron chi connectivity index (χ4n) is 2.82. The van der Waals surface area contributed by atoms with Gasteiger partial charge in [0.15, 0.2) is 0 Å². The standard InChI is InChI=1S/C12H19F2/c13-11-5-1-9(2-6-11)10-3-7-12(14)8-4-10/h9,11-12H,1-8H2. The van der Waals surface area contributed by atoms with Crippen LogP contribution in [0.25, 0.3) is 0 Å². The van der Waals surface area contributed by atoms with E-state index in [4.69, 9.17) is 0 Å². The number of halogens is 2. The Balaban J connectivity index is 1.78. The predicted molar refractivity (Wildman–Crippen MR) is 53.5 cm³/mol. The summed E-state index contributed by atoms with van der Waals surface area (Å²) in [6.07, 6.45) is 5.68. The molecule has 14 heavy (non-hydrogen) atoms. The highest BCUT2D eigenvalue weighted by molar-refractivity contribution is 5.01. The summed E-state index contributed by atoms with van der Waals surface area (Å²) in [7, 11) is 0. The highest BCUT2D eigenvalue weighted by Gasteiger charge is 2.30. The van der Waals surface area contributed by atoms with Crippen molar-refractivity contribution < 1.29 is 8.78 Å². The molecule has 1 radical (unpaired) electrons. The van der Waals surface area contributed by atoms with Crippen LogP contribution in [0.4, 0.5) is 8.78 Å². The van der Waals surface area contributed by atoms with Gasteiger partial charge in [0.2, 0.25) is 0 Å². The van der Waals surface area contributed by atoms with Crippen LogP contribution >= 0.6 is 0 Å². The van der Waals surface area contributed by atoms with Crippen molar-refractivity contribution in [1.29, 1.82) is 0 Å². The minimum absolute atomic E-state index is 0.565. The second kappa shape index (κ2) is 4.59. The van der Waals surface area contributed by atoms with Crippen molar-refractivity contribution in [2.45, 2.75) is 63.7 Å². The van der Waals surface area contributed by atoms with Gasteiger partial charge in [-0.1, -0.05) is 0 Å². The van der Waals surface area contributed by atoms with Crippen molar-refractivity contribution >= 4 is 0 Å². The van der Waals surface area contributed by atoms with E-state index >= 15 is 0 Å². The third-order valence-corrected chi connectivity index (χ3v) is 3.79. The van der Waals surface area contributed by atoms with Crippen molar-refractivity contribution in [3.05, 3.63) is 5.92 Å². The van der Waals surface area contributed by atoms with E-state index in [0.29, 0.717) is 18.8 Å². The molecule has 2 fully saturated rings. The van der Waals surface area contributed by atoms with Gasteiger partial charge in [-0.25, -0.2) is 8.78 Å². The lowest BCUT2D eigenvalue weighted by molar-refractivity contribution is 0.185. The molecule has 2 saturated carbocycles. The van der Waals surface area contributed by atoms with Gasteiger partial charge in [0.1, 0.15) is 12.3 Å². The van der Waals surface area contributed by atoms with E-state index in [1.165, 1.54) is 5.92 Å². The molecule has 0 amide bonds. The molecule has 2 aliphatic rings. The molecule has 0 saturated heterocycles. The zero-order valence-corrected chi connectivity index (χ0v) is 8.64. The van der Waals surface area contributed by atoms with Crippen LogP contribution in [0.2, 0.25) is 0 Å². The SMILES string of the molecule is FC1CC[C](C2CCC(F)CC2)CC1. The predicted octanol–water partition coefficient (Wildman–Crippen LogP) is 4.00.